The lowest BCUT2D eigenvalue weighted by atomic mass is 10.0. The Bertz CT molecular complexity index is 584. The Kier molecular flexibility index (Phi) is 3.37. The Morgan fingerprint density at radius 3 is 2.50 bits per heavy atom. The molecule has 0 aliphatic carbocycles. The molecule has 0 saturated carbocycles. The van der Waals surface area contributed by atoms with Gasteiger partial charge in [-0.3, -0.25) is 4.79 Å². The molecule has 2 aromatic carbocycles. The van der Waals surface area contributed by atoms with Gasteiger partial charge >= 0.3 is 5.97 Å². The van der Waals surface area contributed by atoms with Gasteiger partial charge in [0.2, 0.25) is 0 Å². The van der Waals surface area contributed by atoms with E-state index >= 15 is 0 Å². The third-order valence-corrected chi connectivity index (χ3v) is 2.85. The highest BCUT2D eigenvalue weighted by Crippen LogP contribution is 2.31. The summed E-state index contributed by atoms with van der Waals surface area (Å²) in [7, 11) is 3.12. The standard InChI is InChI=1S/C14H14O4/c1-17-10-5-3-9-4-6-13(18-2)12(8-14(15)16)11(9)7-10/h3-7H,8H2,1-2H3,(H,15,16). The molecule has 0 spiro atoms. The zero-order chi connectivity index (χ0) is 13.1. The number of aliphatic carboxylic acids is 1. The number of hydrogen-bond donors (Lipinski definition) is 1. The second kappa shape index (κ2) is 4.96. The van der Waals surface area contributed by atoms with E-state index in [2.05, 4.69) is 0 Å². The maximum atomic E-state index is 10.9. The minimum Gasteiger partial charge on any atom is -0.497 e. The van der Waals surface area contributed by atoms with E-state index in [9.17, 15) is 4.79 Å². The van der Waals surface area contributed by atoms with Gasteiger partial charge in [-0.25, -0.2) is 0 Å². The number of carbonyl (C=O) groups is 1. The summed E-state index contributed by atoms with van der Waals surface area (Å²) >= 11 is 0. The van der Waals surface area contributed by atoms with Gasteiger partial charge in [0.25, 0.3) is 0 Å². The zero-order valence-corrected chi connectivity index (χ0v) is 10.3. The predicted molar refractivity (Wildman–Crippen MR) is 68.4 cm³/mol. The molecule has 0 bridgehead atoms. The quantitative estimate of drug-likeness (QED) is 0.900. The van der Waals surface area contributed by atoms with E-state index in [1.807, 2.05) is 24.3 Å². The number of carboxylic acids is 1. The topological polar surface area (TPSA) is 55.8 Å². The molecule has 0 amide bonds. The highest BCUT2D eigenvalue weighted by Gasteiger charge is 2.12. The summed E-state index contributed by atoms with van der Waals surface area (Å²) in [6, 6.07) is 9.26. The van der Waals surface area contributed by atoms with Crippen molar-refractivity contribution in [2.45, 2.75) is 6.42 Å². The first-order valence-corrected chi connectivity index (χ1v) is 5.51. The van der Waals surface area contributed by atoms with Gasteiger partial charge in [0.1, 0.15) is 11.5 Å². The Balaban J connectivity index is 2.69. The Hall–Kier alpha value is -2.23. The molecule has 0 heterocycles. The van der Waals surface area contributed by atoms with Crippen molar-refractivity contribution >= 4 is 16.7 Å². The molecule has 2 aromatic rings. The molecule has 18 heavy (non-hydrogen) atoms. The minimum absolute atomic E-state index is 0.0757. The Labute approximate surface area is 105 Å². The van der Waals surface area contributed by atoms with Crippen LogP contribution in [0.25, 0.3) is 10.8 Å². The summed E-state index contributed by atoms with van der Waals surface area (Å²) in [6.45, 7) is 0. The molecule has 4 nitrogen and oxygen atoms in total. The molecular weight excluding hydrogens is 232 g/mol. The van der Waals surface area contributed by atoms with E-state index < -0.39 is 5.97 Å². The van der Waals surface area contributed by atoms with Crippen molar-refractivity contribution in [1.82, 2.24) is 0 Å². The van der Waals surface area contributed by atoms with E-state index in [1.165, 1.54) is 7.11 Å². The number of benzene rings is 2. The van der Waals surface area contributed by atoms with Crippen LogP contribution in [0.1, 0.15) is 5.56 Å². The monoisotopic (exact) mass is 246 g/mol. The highest BCUT2D eigenvalue weighted by atomic mass is 16.5. The third kappa shape index (κ3) is 2.22. The fraction of sp³-hybridized carbons (Fsp3) is 0.214. The third-order valence-electron chi connectivity index (χ3n) is 2.85. The van der Waals surface area contributed by atoms with Crippen molar-refractivity contribution in [3.8, 4) is 11.5 Å². The number of fused-ring (bicyclic) bond motifs is 1. The van der Waals surface area contributed by atoms with E-state index in [0.717, 1.165) is 10.8 Å². The fourth-order valence-electron chi connectivity index (χ4n) is 1.99. The predicted octanol–water partition coefficient (Wildman–Crippen LogP) is 2.48. The largest absolute Gasteiger partial charge is 0.497 e. The van der Waals surface area contributed by atoms with Gasteiger partial charge in [-0.1, -0.05) is 12.1 Å². The highest BCUT2D eigenvalue weighted by molar-refractivity contribution is 5.91. The second-order valence-electron chi connectivity index (χ2n) is 3.90. The summed E-state index contributed by atoms with van der Waals surface area (Å²) in [6.07, 6.45) is -0.0757. The molecule has 94 valence electrons. The number of ether oxygens (including phenoxy) is 2. The molecule has 0 radical (unpaired) electrons. The van der Waals surface area contributed by atoms with Gasteiger partial charge in [-0.15, -0.1) is 0 Å². The van der Waals surface area contributed by atoms with Crippen LogP contribution in [-0.4, -0.2) is 25.3 Å². The lowest BCUT2D eigenvalue weighted by molar-refractivity contribution is -0.136. The first kappa shape index (κ1) is 12.2. The van der Waals surface area contributed by atoms with E-state index in [1.54, 1.807) is 13.2 Å². The van der Waals surface area contributed by atoms with Crippen molar-refractivity contribution in [3.05, 3.63) is 35.9 Å². The minimum atomic E-state index is -0.886. The lowest BCUT2D eigenvalue weighted by Crippen LogP contribution is -2.03. The van der Waals surface area contributed by atoms with Crippen LogP contribution in [0, 0.1) is 0 Å². The molecule has 0 aromatic heterocycles. The van der Waals surface area contributed by atoms with Crippen molar-refractivity contribution in [2.75, 3.05) is 14.2 Å². The smallest absolute Gasteiger partial charge is 0.307 e. The Morgan fingerprint density at radius 1 is 1.17 bits per heavy atom. The van der Waals surface area contributed by atoms with Gasteiger partial charge < -0.3 is 14.6 Å². The molecule has 1 N–H and O–H groups in total. The van der Waals surface area contributed by atoms with Gasteiger partial charge in [0.05, 0.1) is 20.6 Å². The maximum absolute atomic E-state index is 10.9. The molecule has 0 aliphatic rings. The zero-order valence-electron chi connectivity index (χ0n) is 10.3. The van der Waals surface area contributed by atoms with E-state index in [4.69, 9.17) is 14.6 Å². The summed E-state index contributed by atoms with van der Waals surface area (Å²) < 4.78 is 10.4. The van der Waals surface area contributed by atoms with Crippen molar-refractivity contribution in [2.24, 2.45) is 0 Å². The van der Waals surface area contributed by atoms with Crippen LogP contribution < -0.4 is 9.47 Å². The molecule has 0 saturated heterocycles. The summed E-state index contributed by atoms with van der Waals surface area (Å²) in [5, 5.41) is 10.8. The first-order valence-electron chi connectivity index (χ1n) is 5.51. The number of carboxylic acid groups (broad SMARTS) is 1. The van der Waals surface area contributed by atoms with Crippen LogP contribution in [0.15, 0.2) is 30.3 Å². The van der Waals surface area contributed by atoms with Crippen molar-refractivity contribution < 1.29 is 19.4 Å². The van der Waals surface area contributed by atoms with Gasteiger partial charge in [-0.05, 0) is 29.0 Å². The van der Waals surface area contributed by atoms with Gasteiger partial charge in [0.15, 0.2) is 0 Å². The normalized spacial score (nSPS) is 10.3. The summed E-state index contributed by atoms with van der Waals surface area (Å²) in [5.74, 6) is 0.393. The second-order valence-corrected chi connectivity index (χ2v) is 3.90. The fourth-order valence-corrected chi connectivity index (χ4v) is 1.99. The van der Waals surface area contributed by atoms with Crippen LogP contribution in [-0.2, 0) is 11.2 Å². The average Bonchev–Trinajstić information content (AvgIpc) is 2.38. The van der Waals surface area contributed by atoms with Crippen LogP contribution in [0.2, 0.25) is 0 Å². The number of hydrogen-bond acceptors (Lipinski definition) is 3. The van der Waals surface area contributed by atoms with Gasteiger partial charge in [0, 0.05) is 5.56 Å². The van der Waals surface area contributed by atoms with Crippen LogP contribution in [0.5, 0.6) is 11.5 Å². The molecule has 0 fully saturated rings. The SMILES string of the molecule is COc1ccc2ccc(OC)c(CC(=O)O)c2c1. The molecule has 4 heteroatoms. The van der Waals surface area contributed by atoms with Crippen molar-refractivity contribution in [1.29, 1.82) is 0 Å². The number of rotatable bonds is 4. The lowest BCUT2D eigenvalue weighted by Gasteiger charge is -2.11. The molecular formula is C14H14O4. The maximum Gasteiger partial charge on any atom is 0.307 e. The first-order chi connectivity index (χ1) is 8.65. The van der Waals surface area contributed by atoms with Crippen LogP contribution >= 0.6 is 0 Å². The average molecular weight is 246 g/mol. The van der Waals surface area contributed by atoms with E-state index in [0.29, 0.717) is 17.1 Å². The van der Waals surface area contributed by atoms with Crippen LogP contribution in [0.4, 0.5) is 0 Å². The Morgan fingerprint density at radius 2 is 1.89 bits per heavy atom. The summed E-state index contributed by atoms with van der Waals surface area (Å²) in [4.78, 5) is 10.9. The van der Waals surface area contributed by atoms with Crippen LogP contribution in [0.3, 0.4) is 0 Å². The summed E-state index contributed by atoms with van der Waals surface area (Å²) in [5.41, 5.74) is 0.668. The van der Waals surface area contributed by atoms with E-state index in [-0.39, 0.29) is 6.42 Å². The molecule has 2 rings (SSSR count). The molecule has 0 unspecified atom stereocenters. The molecule has 0 atom stereocenters. The van der Waals surface area contributed by atoms with Crippen molar-refractivity contribution in [3.63, 3.8) is 0 Å². The van der Waals surface area contributed by atoms with Gasteiger partial charge in [-0.2, -0.15) is 0 Å². The number of methoxy groups -OCH3 is 2. The molecule has 0 aliphatic heterocycles.